The average Bonchev–Trinajstić information content (AvgIpc) is 2.74. The molecule has 1 saturated heterocycles. The number of rotatable bonds is 5. The van der Waals surface area contributed by atoms with Crippen molar-refractivity contribution in [1.82, 2.24) is 19.9 Å². The SMILES string of the molecule is CCC1CCCN(CCn2cc(CN)nn2)CC1. The molecular formula is C13H25N5. The molecule has 0 amide bonds. The Kier molecular flexibility index (Phi) is 5.13. The molecule has 1 aromatic rings. The summed E-state index contributed by atoms with van der Waals surface area (Å²) in [5.41, 5.74) is 6.40. The first kappa shape index (κ1) is 13.5. The van der Waals surface area contributed by atoms with Crippen LogP contribution in [0.2, 0.25) is 0 Å². The van der Waals surface area contributed by atoms with Crippen LogP contribution in [0.1, 0.15) is 38.3 Å². The van der Waals surface area contributed by atoms with E-state index in [1.807, 2.05) is 10.9 Å². The first-order valence-electron chi connectivity index (χ1n) is 7.13. The van der Waals surface area contributed by atoms with Gasteiger partial charge in [0.2, 0.25) is 0 Å². The molecule has 1 aliphatic rings. The zero-order chi connectivity index (χ0) is 12.8. The fourth-order valence-electron chi connectivity index (χ4n) is 2.64. The van der Waals surface area contributed by atoms with Crippen molar-refractivity contribution in [3.63, 3.8) is 0 Å². The molecule has 2 N–H and O–H groups in total. The van der Waals surface area contributed by atoms with Crippen molar-refractivity contribution in [2.45, 2.75) is 45.7 Å². The van der Waals surface area contributed by atoms with Crippen LogP contribution < -0.4 is 5.73 Å². The fraction of sp³-hybridized carbons (Fsp3) is 0.846. The van der Waals surface area contributed by atoms with Gasteiger partial charge < -0.3 is 10.6 Å². The lowest BCUT2D eigenvalue weighted by atomic mass is 9.98. The third-order valence-corrected chi connectivity index (χ3v) is 3.96. The zero-order valence-corrected chi connectivity index (χ0v) is 11.4. The third-order valence-electron chi connectivity index (χ3n) is 3.96. The maximum Gasteiger partial charge on any atom is 0.0962 e. The van der Waals surface area contributed by atoms with Crippen LogP contribution in [0.3, 0.4) is 0 Å². The molecule has 0 aromatic carbocycles. The summed E-state index contributed by atoms with van der Waals surface area (Å²) in [6.07, 6.45) is 7.36. The maximum atomic E-state index is 5.53. The number of hydrogen-bond acceptors (Lipinski definition) is 4. The summed E-state index contributed by atoms with van der Waals surface area (Å²) in [6, 6.07) is 0. The number of hydrogen-bond donors (Lipinski definition) is 1. The van der Waals surface area contributed by atoms with Gasteiger partial charge in [-0.15, -0.1) is 5.10 Å². The molecule has 1 aromatic heterocycles. The predicted molar refractivity (Wildman–Crippen MR) is 72.0 cm³/mol. The first-order chi connectivity index (χ1) is 8.81. The van der Waals surface area contributed by atoms with Crippen LogP contribution in [0.25, 0.3) is 0 Å². The van der Waals surface area contributed by atoms with Gasteiger partial charge in [0, 0.05) is 19.3 Å². The Bertz CT molecular complexity index is 349. The van der Waals surface area contributed by atoms with Crippen LogP contribution in [-0.4, -0.2) is 39.5 Å². The van der Waals surface area contributed by atoms with Crippen LogP contribution in [-0.2, 0) is 13.1 Å². The molecule has 1 unspecified atom stereocenters. The highest BCUT2D eigenvalue weighted by atomic mass is 15.4. The van der Waals surface area contributed by atoms with Crippen molar-refractivity contribution < 1.29 is 0 Å². The van der Waals surface area contributed by atoms with E-state index < -0.39 is 0 Å². The highest BCUT2D eigenvalue weighted by Crippen LogP contribution is 2.19. The quantitative estimate of drug-likeness (QED) is 0.855. The topological polar surface area (TPSA) is 60.0 Å². The molecule has 18 heavy (non-hydrogen) atoms. The smallest absolute Gasteiger partial charge is 0.0962 e. The second-order valence-electron chi connectivity index (χ2n) is 5.22. The Labute approximate surface area is 109 Å². The minimum Gasteiger partial charge on any atom is -0.325 e. The van der Waals surface area contributed by atoms with Crippen molar-refractivity contribution in [1.29, 1.82) is 0 Å². The predicted octanol–water partition coefficient (Wildman–Crippen LogP) is 1.25. The minimum absolute atomic E-state index is 0.474. The summed E-state index contributed by atoms with van der Waals surface area (Å²) in [6.45, 7) is 7.24. The van der Waals surface area contributed by atoms with Crippen LogP contribution in [0.15, 0.2) is 6.20 Å². The molecule has 0 radical (unpaired) electrons. The largest absolute Gasteiger partial charge is 0.325 e. The summed E-state index contributed by atoms with van der Waals surface area (Å²) >= 11 is 0. The lowest BCUT2D eigenvalue weighted by Crippen LogP contribution is -2.28. The summed E-state index contributed by atoms with van der Waals surface area (Å²) in [4.78, 5) is 2.56. The monoisotopic (exact) mass is 251 g/mol. The Hall–Kier alpha value is -0.940. The van der Waals surface area contributed by atoms with Gasteiger partial charge in [-0.05, 0) is 38.3 Å². The van der Waals surface area contributed by atoms with E-state index in [9.17, 15) is 0 Å². The van der Waals surface area contributed by atoms with Crippen LogP contribution in [0, 0.1) is 5.92 Å². The highest BCUT2D eigenvalue weighted by molar-refractivity contribution is 4.90. The first-order valence-corrected chi connectivity index (χ1v) is 7.13. The Morgan fingerprint density at radius 2 is 2.22 bits per heavy atom. The lowest BCUT2D eigenvalue weighted by Gasteiger charge is -2.19. The molecule has 1 aliphatic heterocycles. The van der Waals surface area contributed by atoms with Crippen molar-refractivity contribution >= 4 is 0 Å². The number of nitrogens with two attached hydrogens (primary N) is 1. The molecule has 2 heterocycles. The van der Waals surface area contributed by atoms with E-state index in [4.69, 9.17) is 5.73 Å². The van der Waals surface area contributed by atoms with Crippen LogP contribution in [0.5, 0.6) is 0 Å². The molecule has 0 bridgehead atoms. The van der Waals surface area contributed by atoms with Crippen molar-refractivity contribution in [2.75, 3.05) is 19.6 Å². The lowest BCUT2D eigenvalue weighted by molar-refractivity contribution is 0.263. The van der Waals surface area contributed by atoms with Gasteiger partial charge in [0.05, 0.1) is 12.2 Å². The van der Waals surface area contributed by atoms with Gasteiger partial charge in [-0.1, -0.05) is 18.6 Å². The minimum atomic E-state index is 0.474. The van der Waals surface area contributed by atoms with Gasteiger partial charge in [0.25, 0.3) is 0 Å². The normalized spacial score (nSPS) is 22.0. The fourth-order valence-corrected chi connectivity index (χ4v) is 2.64. The molecule has 102 valence electrons. The van der Waals surface area contributed by atoms with Crippen LogP contribution in [0.4, 0.5) is 0 Å². The number of aromatic nitrogens is 3. The van der Waals surface area contributed by atoms with Crippen molar-refractivity contribution in [3.05, 3.63) is 11.9 Å². The van der Waals surface area contributed by atoms with Crippen molar-refractivity contribution in [2.24, 2.45) is 11.7 Å². The zero-order valence-electron chi connectivity index (χ0n) is 11.4. The molecule has 1 atom stereocenters. The summed E-state index contributed by atoms with van der Waals surface area (Å²) in [5, 5.41) is 8.10. The van der Waals surface area contributed by atoms with Crippen molar-refractivity contribution in [3.8, 4) is 0 Å². The van der Waals surface area contributed by atoms with Gasteiger partial charge in [0.15, 0.2) is 0 Å². The van der Waals surface area contributed by atoms with Gasteiger partial charge in [0.1, 0.15) is 0 Å². The summed E-state index contributed by atoms with van der Waals surface area (Å²) in [7, 11) is 0. The van der Waals surface area contributed by atoms with Gasteiger partial charge in [-0.2, -0.15) is 0 Å². The number of likely N-dealkylation sites (tertiary alicyclic amines) is 1. The molecule has 5 nitrogen and oxygen atoms in total. The summed E-state index contributed by atoms with van der Waals surface area (Å²) in [5.74, 6) is 0.935. The molecule has 0 spiro atoms. The van der Waals surface area contributed by atoms with E-state index in [0.717, 1.165) is 24.7 Å². The van der Waals surface area contributed by atoms with E-state index in [-0.39, 0.29) is 0 Å². The molecule has 5 heteroatoms. The molecule has 1 fully saturated rings. The van der Waals surface area contributed by atoms with E-state index in [1.54, 1.807) is 0 Å². The second kappa shape index (κ2) is 6.85. The van der Waals surface area contributed by atoms with E-state index in [1.165, 1.54) is 38.8 Å². The Morgan fingerprint density at radius 1 is 1.33 bits per heavy atom. The Balaban J connectivity index is 1.76. The molecular weight excluding hydrogens is 226 g/mol. The molecule has 0 saturated carbocycles. The standard InChI is InChI=1S/C13H25N5/c1-2-12-4-3-6-17(7-5-12)8-9-18-11-13(10-14)15-16-18/h11-12H,2-10,14H2,1H3. The highest BCUT2D eigenvalue weighted by Gasteiger charge is 2.15. The van der Waals surface area contributed by atoms with Gasteiger partial charge in [-0.25, -0.2) is 0 Å². The van der Waals surface area contributed by atoms with Crippen LogP contribution >= 0.6 is 0 Å². The van der Waals surface area contributed by atoms with Gasteiger partial charge in [-0.3, -0.25) is 4.68 Å². The third kappa shape index (κ3) is 3.78. The Morgan fingerprint density at radius 3 is 2.94 bits per heavy atom. The van der Waals surface area contributed by atoms with E-state index in [0.29, 0.717) is 6.54 Å². The molecule has 0 aliphatic carbocycles. The van der Waals surface area contributed by atoms with E-state index >= 15 is 0 Å². The number of nitrogens with zero attached hydrogens (tertiary/aromatic N) is 4. The maximum absolute atomic E-state index is 5.53. The summed E-state index contributed by atoms with van der Waals surface area (Å²) < 4.78 is 1.91. The second-order valence-corrected chi connectivity index (χ2v) is 5.22. The van der Waals surface area contributed by atoms with E-state index in [2.05, 4.69) is 22.1 Å². The average molecular weight is 251 g/mol. The van der Waals surface area contributed by atoms with Gasteiger partial charge >= 0.3 is 0 Å². The molecule has 2 rings (SSSR count).